The molecule has 0 fully saturated rings. The van der Waals surface area contributed by atoms with Crippen LogP contribution in [0.2, 0.25) is 0 Å². The van der Waals surface area contributed by atoms with Crippen molar-refractivity contribution in [2.75, 3.05) is 0 Å². The molecule has 0 aromatic carbocycles. The minimum Gasteiger partial charge on any atom is -0.524 e. The minimum atomic E-state index is -0.333. The van der Waals surface area contributed by atoms with Crippen molar-refractivity contribution >= 4 is 23.9 Å². The van der Waals surface area contributed by atoms with Crippen LogP contribution in [0.15, 0.2) is 0 Å². The molecule has 0 aliphatic carbocycles. The molecule has 0 spiro atoms. The molecule has 18 heavy (non-hydrogen) atoms. The Morgan fingerprint density at radius 1 is 0.500 bits per heavy atom. The summed E-state index contributed by atoms with van der Waals surface area (Å²) in [4.78, 5) is 30.6. The summed E-state index contributed by atoms with van der Waals surface area (Å²) >= 11 is 0. The van der Waals surface area contributed by atoms with E-state index >= 15 is 0 Å². The third-order valence-electron chi connectivity index (χ3n) is 0. The molecule has 0 rings (SSSR count). The number of hydrogen-bond acceptors (Lipinski definition) is 0. The molecule has 10 heteroatoms. The SMILES string of the molecule is CC(=[OH+])[OH2+].CC(=[OH+])[OH2+].CC(=[OH+])[OH2+].CC(=[OH+])[OH2+].[Mo+2].[Mo+2]. The van der Waals surface area contributed by atoms with Crippen LogP contribution in [0.4, 0.5) is 0 Å². The van der Waals surface area contributed by atoms with Gasteiger partial charge in [0.2, 0.25) is 0 Å². The normalized spacial score (nSPS) is 5.56. The maximum atomic E-state index is 7.64. The standard InChI is InChI=1S/4C2H4O2.2Mo/c4*1-2(3)4;;/h4*1H3,(H,3,4);;/q;;;;2*+2/p+8. The van der Waals surface area contributed by atoms with Gasteiger partial charge in [-0.05, 0) is 0 Å². The molecule has 0 amide bonds. The fourth-order valence-corrected chi connectivity index (χ4v) is 0. The maximum Gasteiger partial charge on any atom is 2.00 e. The number of hydrogen-bond donors (Lipinski definition) is 0. The van der Waals surface area contributed by atoms with Gasteiger partial charge in [-0.15, -0.1) is 0 Å². The van der Waals surface area contributed by atoms with Gasteiger partial charge in [0, 0.05) is 0 Å². The summed E-state index contributed by atoms with van der Waals surface area (Å²) in [5, 5.41) is 24.2. The van der Waals surface area contributed by atoms with E-state index in [0.29, 0.717) is 0 Å². The van der Waals surface area contributed by atoms with Gasteiger partial charge in [0.15, 0.2) is 0 Å². The zero-order valence-electron chi connectivity index (χ0n) is 10.6. The van der Waals surface area contributed by atoms with Crippen LogP contribution in [0, 0.1) is 0 Å². The minimum absolute atomic E-state index is 0. The van der Waals surface area contributed by atoms with E-state index in [1.165, 1.54) is 27.7 Å². The average molecular weight is 440 g/mol. The fourth-order valence-electron chi connectivity index (χ4n) is 0. The molecule has 104 valence electrons. The van der Waals surface area contributed by atoms with Gasteiger partial charge in [-0.3, -0.25) is 0 Å². The third kappa shape index (κ3) is 5610. The Morgan fingerprint density at radius 2 is 0.500 bits per heavy atom. The van der Waals surface area contributed by atoms with E-state index in [2.05, 4.69) is 0 Å². The Kier molecular flexibility index (Phi) is 59.7. The van der Waals surface area contributed by atoms with Gasteiger partial charge in [0.1, 0.15) is 27.7 Å². The maximum absolute atomic E-state index is 7.64. The Morgan fingerprint density at radius 3 is 0.500 bits per heavy atom. The quantitative estimate of drug-likeness (QED) is 0.275. The van der Waals surface area contributed by atoms with Crippen molar-refractivity contribution in [2.45, 2.75) is 27.7 Å². The summed E-state index contributed by atoms with van der Waals surface area (Å²) in [5.74, 6) is -1.33. The zero-order chi connectivity index (χ0) is 14.3. The Balaban J connectivity index is -0.0000000257. The van der Waals surface area contributed by atoms with Crippen molar-refractivity contribution in [3.8, 4) is 0 Å². The van der Waals surface area contributed by atoms with Crippen LogP contribution in [-0.2, 0) is 42.1 Å². The molecular weight excluding hydrogens is 416 g/mol. The second-order valence-corrected chi connectivity index (χ2v) is 2.34. The van der Waals surface area contributed by atoms with Gasteiger partial charge in [-0.2, -0.15) is 0 Å². The van der Waals surface area contributed by atoms with Crippen LogP contribution in [0.25, 0.3) is 0 Å². The van der Waals surface area contributed by atoms with Crippen molar-refractivity contribution in [1.29, 1.82) is 0 Å². The Labute approximate surface area is 133 Å². The molecule has 0 saturated heterocycles. The van der Waals surface area contributed by atoms with Crippen LogP contribution in [-0.4, -0.2) is 63.5 Å². The van der Waals surface area contributed by atoms with Gasteiger partial charge < -0.3 is 20.4 Å². The smallest absolute Gasteiger partial charge is 0.524 e. The molecule has 0 saturated carbocycles. The first-order chi connectivity index (χ1) is 6.93. The van der Waals surface area contributed by atoms with E-state index in [4.69, 9.17) is 39.6 Å². The molecular formula is C8H24Mo2O8+12. The van der Waals surface area contributed by atoms with Crippen molar-refractivity contribution in [3.05, 3.63) is 0 Å². The first-order valence-corrected chi connectivity index (χ1v) is 3.89. The van der Waals surface area contributed by atoms with Crippen molar-refractivity contribution in [2.24, 2.45) is 0 Å². The molecule has 0 aromatic rings. The van der Waals surface area contributed by atoms with E-state index in [9.17, 15) is 0 Å². The van der Waals surface area contributed by atoms with E-state index in [1.807, 2.05) is 0 Å². The largest absolute Gasteiger partial charge is 2.00 e. The number of rotatable bonds is 0. The van der Waals surface area contributed by atoms with Gasteiger partial charge >= 0.3 is 66.0 Å². The molecule has 0 radical (unpaired) electrons. The zero-order valence-corrected chi connectivity index (χ0v) is 14.6. The fraction of sp³-hybridized carbons (Fsp3) is 0.500. The van der Waals surface area contributed by atoms with Crippen LogP contribution < -0.4 is 0 Å². The molecule has 0 aliphatic rings. The molecule has 0 heterocycles. The molecule has 0 aromatic heterocycles. The molecule has 0 bridgehead atoms. The molecule has 12 N–H and O–H groups in total. The van der Waals surface area contributed by atoms with E-state index < -0.39 is 0 Å². The van der Waals surface area contributed by atoms with Gasteiger partial charge in [0.25, 0.3) is 0 Å². The summed E-state index contributed by atoms with van der Waals surface area (Å²) < 4.78 is 0. The summed E-state index contributed by atoms with van der Waals surface area (Å²) in [6.45, 7) is 5.22. The van der Waals surface area contributed by atoms with Crippen LogP contribution in [0.3, 0.4) is 0 Å². The third-order valence-corrected chi connectivity index (χ3v) is 0. The van der Waals surface area contributed by atoms with Crippen molar-refractivity contribution in [3.63, 3.8) is 0 Å². The van der Waals surface area contributed by atoms with Crippen LogP contribution >= 0.6 is 0 Å². The molecule has 0 aliphatic heterocycles. The number of carbonyl (C=O) groups excluding carboxylic acids is 4. The van der Waals surface area contributed by atoms with E-state index in [1.54, 1.807) is 0 Å². The van der Waals surface area contributed by atoms with Crippen molar-refractivity contribution < 1.29 is 81.7 Å². The summed E-state index contributed by atoms with van der Waals surface area (Å²) in [7, 11) is 0. The van der Waals surface area contributed by atoms with Gasteiger partial charge in [0.05, 0.1) is 0 Å². The Bertz CT molecular complexity index is 165. The predicted molar refractivity (Wildman–Crippen MR) is 64.9 cm³/mol. The van der Waals surface area contributed by atoms with Crippen molar-refractivity contribution in [1.82, 2.24) is 0 Å². The average Bonchev–Trinajstić information content (AvgIpc) is 1.76. The van der Waals surface area contributed by atoms with Gasteiger partial charge in [-0.1, -0.05) is 0 Å². The molecule has 8 nitrogen and oxygen atoms in total. The molecule has 0 atom stereocenters. The topological polar surface area (TPSA) is 177 Å². The second kappa shape index (κ2) is 29.9. The van der Waals surface area contributed by atoms with Crippen LogP contribution in [0.5, 0.6) is 0 Å². The van der Waals surface area contributed by atoms with Crippen LogP contribution in [0.1, 0.15) is 27.7 Å². The molecule has 0 unspecified atom stereocenters. The van der Waals surface area contributed by atoms with E-state index in [-0.39, 0.29) is 66.0 Å². The second-order valence-electron chi connectivity index (χ2n) is 2.34. The predicted octanol–water partition coefficient (Wildman–Crippen LogP) is -3.07. The first kappa shape index (κ1) is 36.0. The summed E-state index contributed by atoms with van der Waals surface area (Å²) in [5.41, 5.74) is 0. The first-order valence-electron chi connectivity index (χ1n) is 3.89. The summed E-state index contributed by atoms with van der Waals surface area (Å²) in [6, 6.07) is 0. The van der Waals surface area contributed by atoms with Gasteiger partial charge in [-0.25, -0.2) is 19.2 Å². The summed E-state index contributed by atoms with van der Waals surface area (Å²) in [6.07, 6.45) is 0. The monoisotopic (exact) mass is 444 g/mol. The van der Waals surface area contributed by atoms with E-state index in [0.717, 1.165) is 0 Å². The Hall–Kier alpha value is -0.743.